The third-order valence-corrected chi connectivity index (χ3v) is 8.41. The van der Waals surface area contributed by atoms with Gasteiger partial charge in [-0.15, -0.1) is 0 Å². The van der Waals surface area contributed by atoms with Gasteiger partial charge in [0.15, 0.2) is 14.9 Å². The van der Waals surface area contributed by atoms with Crippen LogP contribution < -0.4 is 14.8 Å². The zero-order valence-corrected chi connectivity index (χ0v) is 22.9. The fourth-order valence-electron chi connectivity index (χ4n) is 4.36. The Morgan fingerprint density at radius 1 is 1.21 bits per heavy atom. The lowest BCUT2D eigenvalue weighted by molar-refractivity contribution is -0.120. The number of aromatic nitrogens is 2. The molecule has 2 aliphatic rings. The van der Waals surface area contributed by atoms with Crippen LogP contribution >= 0.6 is 11.8 Å². The van der Waals surface area contributed by atoms with Crippen LogP contribution in [0.5, 0.6) is 17.2 Å². The molecule has 4 heterocycles. The Morgan fingerprint density at radius 3 is 2.74 bits per heavy atom. The number of H-pyrrole nitrogens is 1. The van der Waals surface area contributed by atoms with Gasteiger partial charge in [-0.3, -0.25) is 9.79 Å². The number of fused-ring (bicyclic) bond motifs is 1. The molecule has 3 aromatic rings. The van der Waals surface area contributed by atoms with Gasteiger partial charge in [0, 0.05) is 48.8 Å². The molecular weight excluding hydrogens is 528 g/mol. The minimum Gasteiger partial charge on any atom is -0.488 e. The van der Waals surface area contributed by atoms with E-state index in [9.17, 15) is 13.2 Å². The summed E-state index contributed by atoms with van der Waals surface area (Å²) >= 11 is 1.60. The van der Waals surface area contributed by atoms with E-state index < -0.39 is 9.84 Å². The maximum Gasteiger partial charge on any atom is 0.221 e. The van der Waals surface area contributed by atoms with E-state index in [0.29, 0.717) is 50.0 Å². The van der Waals surface area contributed by atoms with Crippen LogP contribution in [0.15, 0.2) is 46.5 Å². The molecular formula is C26H30N4O6S2. The molecule has 0 radical (unpaired) electrons. The first-order valence-electron chi connectivity index (χ1n) is 12.5. The van der Waals surface area contributed by atoms with E-state index in [1.165, 1.54) is 12.3 Å². The smallest absolute Gasteiger partial charge is 0.221 e. The predicted octanol–water partition coefficient (Wildman–Crippen LogP) is 3.70. The quantitative estimate of drug-likeness (QED) is 0.406. The van der Waals surface area contributed by atoms with Gasteiger partial charge < -0.3 is 24.5 Å². The van der Waals surface area contributed by atoms with Gasteiger partial charge >= 0.3 is 0 Å². The van der Waals surface area contributed by atoms with Crippen LogP contribution in [0.3, 0.4) is 0 Å². The lowest BCUT2D eigenvalue weighted by atomic mass is 10.1. The number of ether oxygens (including phenoxy) is 3. The average molecular weight is 559 g/mol. The largest absolute Gasteiger partial charge is 0.488 e. The highest BCUT2D eigenvalue weighted by molar-refractivity contribution is 8.15. The molecule has 10 nitrogen and oxygen atoms in total. The first-order valence-corrected chi connectivity index (χ1v) is 15.3. The number of benzene rings is 1. The van der Waals surface area contributed by atoms with Crippen LogP contribution in [-0.4, -0.2) is 73.2 Å². The number of pyridine rings is 1. The second-order valence-corrected chi connectivity index (χ2v) is 12.5. The normalized spacial score (nSPS) is 18.4. The highest BCUT2D eigenvalue weighted by Crippen LogP contribution is 2.37. The summed E-state index contributed by atoms with van der Waals surface area (Å²) in [5.74, 6) is 1.63. The van der Waals surface area contributed by atoms with Crippen molar-refractivity contribution in [3.05, 3.63) is 42.2 Å². The number of sulfone groups is 1. The third-order valence-electron chi connectivity index (χ3n) is 6.19. The summed E-state index contributed by atoms with van der Waals surface area (Å²) in [4.78, 5) is 24.2. The first kappa shape index (κ1) is 26.5. The van der Waals surface area contributed by atoms with E-state index in [-0.39, 0.29) is 22.3 Å². The van der Waals surface area contributed by atoms with E-state index in [4.69, 9.17) is 14.2 Å². The molecule has 5 rings (SSSR count). The standard InChI is InChI=1S/C26H30N4O6S2/c1-3-27-23(31)13-20-15-29-26(37-20)21-11-16-10-19(35-18-4-5-24(28-14-18)38(2,32)33)12-22(25(16)30-21)36-17-6-8-34-9-7-17/h4-5,10-12,14,17,20,30H,3,6-9,13,15H2,1-2H3,(H,27,31). The number of amides is 1. The van der Waals surface area contributed by atoms with E-state index >= 15 is 0 Å². The van der Waals surface area contributed by atoms with Crippen molar-refractivity contribution in [2.75, 3.05) is 32.6 Å². The number of carbonyl (C=O) groups excluding carboxylic acids is 1. The Balaban J connectivity index is 1.41. The van der Waals surface area contributed by atoms with Crippen molar-refractivity contribution in [3.8, 4) is 17.2 Å². The summed E-state index contributed by atoms with van der Waals surface area (Å²) < 4.78 is 41.4. The highest BCUT2D eigenvalue weighted by Gasteiger charge is 2.25. The number of nitrogens with zero attached hydrogens (tertiary/aromatic N) is 2. The van der Waals surface area contributed by atoms with Gasteiger partial charge in [0.25, 0.3) is 0 Å². The van der Waals surface area contributed by atoms with E-state index in [2.05, 4.69) is 20.3 Å². The lowest BCUT2D eigenvalue weighted by Gasteiger charge is -2.24. The Bertz CT molecular complexity index is 1450. The van der Waals surface area contributed by atoms with Gasteiger partial charge in [0.05, 0.1) is 37.2 Å². The molecule has 38 heavy (non-hydrogen) atoms. The molecule has 0 spiro atoms. The van der Waals surface area contributed by atoms with Crippen molar-refractivity contribution >= 4 is 43.5 Å². The molecule has 0 saturated carbocycles. The summed E-state index contributed by atoms with van der Waals surface area (Å²) in [7, 11) is -3.40. The fraction of sp³-hybridized carbons (Fsp3) is 0.423. The maximum absolute atomic E-state index is 12.0. The van der Waals surface area contributed by atoms with Crippen molar-refractivity contribution in [1.29, 1.82) is 0 Å². The van der Waals surface area contributed by atoms with Gasteiger partial charge in [-0.25, -0.2) is 13.4 Å². The minimum absolute atomic E-state index is 0.0144. The number of hydrogen-bond acceptors (Lipinski definition) is 9. The van der Waals surface area contributed by atoms with E-state index in [1.54, 1.807) is 17.8 Å². The summed E-state index contributed by atoms with van der Waals surface area (Å²) in [5.41, 5.74) is 1.69. The van der Waals surface area contributed by atoms with Crippen molar-refractivity contribution < 1.29 is 27.4 Å². The maximum atomic E-state index is 12.0. The monoisotopic (exact) mass is 558 g/mol. The first-order chi connectivity index (χ1) is 18.3. The molecule has 1 atom stereocenters. The van der Waals surface area contributed by atoms with Crippen molar-refractivity contribution in [2.24, 2.45) is 4.99 Å². The second kappa shape index (κ2) is 11.3. The van der Waals surface area contributed by atoms with Crippen LogP contribution in [0.2, 0.25) is 0 Å². The number of rotatable bonds is 9. The number of aromatic amines is 1. The summed E-state index contributed by atoms with van der Waals surface area (Å²) in [5, 5.41) is 4.67. The Labute approximate surface area is 225 Å². The molecule has 0 aliphatic carbocycles. The number of aliphatic imine (C=N–C) groups is 1. The van der Waals surface area contributed by atoms with Gasteiger partial charge in [-0.1, -0.05) is 11.8 Å². The molecule has 1 unspecified atom stereocenters. The molecule has 2 aromatic heterocycles. The van der Waals surface area contributed by atoms with E-state index in [1.807, 2.05) is 25.1 Å². The summed E-state index contributed by atoms with van der Waals surface area (Å²) in [6.45, 7) is 4.41. The summed E-state index contributed by atoms with van der Waals surface area (Å²) in [6.07, 6.45) is 4.53. The molecule has 2 aliphatic heterocycles. The Morgan fingerprint density at radius 2 is 2.03 bits per heavy atom. The number of thioether (sulfide) groups is 1. The van der Waals surface area contributed by atoms with Gasteiger partial charge in [0.1, 0.15) is 28.4 Å². The van der Waals surface area contributed by atoms with Crippen molar-refractivity contribution in [1.82, 2.24) is 15.3 Å². The van der Waals surface area contributed by atoms with E-state index in [0.717, 1.165) is 40.7 Å². The van der Waals surface area contributed by atoms with Gasteiger partial charge in [-0.05, 0) is 31.2 Å². The number of nitrogens with one attached hydrogen (secondary N) is 2. The average Bonchev–Trinajstić information content (AvgIpc) is 3.52. The molecule has 1 fully saturated rings. The lowest BCUT2D eigenvalue weighted by Crippen LogP contribution is -2.26. The van der Waals surface area contributed by atoms with Crippen LogP contribution in [0.25, 0.3) is 10.9 Å². The number of carbonyl (C=O) groups is 1. The molecule has 1 amide bonds. The van der Waals surface area contributed by atoms with Crippen LogP contribution in [0.1, 0.15) is 31.9 Å². The fourth-order valence-corrected chi connectivity index (χ4v) is 6.00. The molecule has 202 valence electrons. The van der Waals surface area contributed by atoms with Crippen LogP contribution in [0.4, 0.5) is 0 Å². The zero-order chi connectivity index (χ0) is 26.7. The highest BCUT2D eigenvalue weighted by atomic mass is 32.2. The van der Waals surface area contributed by atoms with Crippen LogP contribution in [0, 0.1) is 0 Å². The Kier molecular flexibility index (Phi) is 7.91. The SMILES string of the molecule is CCNC(=O)CC1CN=C(c2cc3cc(Oc4ccc(S(C)(=O)=O)nc4)cc(OC4CCOCC4)c3[nH]2)S1. The Hall–Kier alpha value is -3.09. The molecule has 1 saturated heterocycles. The summed E-state index contributed by atoms with van der Waals surface area (Å²) in [6, 6.07) is 8.72. The third kappa shape index (κ3) is 6.30. The zero-order valence-electron chi connectivity index (χ0n) is 21.2. The van der Waals surface area contributed by atoms with Gasteiger partial charge in [-0.2, -0.15) is 0 Å². The second-order valence-electron chi connectivity index (χ2n) is 9.25. The van der Waals surface area contributed by atoms with Crippen molar-refractivity contribution in [2.45, 2.75) is 42.6 Å². The molecule has 2 N–H and O–H groups in total. The van der Waals surface area contributed by atoms with Gasteiger partial charge in [0.2, 0.25) is 5.91 Å². The topological polar surface area (TPSA) is 132 Å². The van der Waals surface area contributed by atoms with Crippen molar-refractivity contribution in [3.63, 3.8) is 0 Å². The predicted molar refractivity (Wildman–Crippen MR) is 146 cm³/mol. The molecule has 0 bridgehead atoms. The molecule has 12 heteroatoms. The van der Waals surface area contributed by atoms with Crippen LogP contribution in [-0.2, 0) is 19.4 Å². The number of hydrogen-bond donors (Lipinski definition) is 2. The molecule has 1 aromatic carbocycles. The minimum atomic E-state index is -3.40.